The van der Waals surface area contributed by atoms with E-state index < -0.39 is 0 Å². The minimum Gasteiger partial charge on any atom is -0.353 e. The smallest absolute Gasteiger partial charge is 0.253 e. The molecule has 1 fully saturated rings. The number of amides is 2. The van der Waals surface area contributed by atoms with Crippen LogP contribution in [0.1, 0.15) is 52.1 Å². The minimum absolute atomic E-state index is 0.0103. The average molecular weight is 431 g/mol. The molecular weight excluding hydrogens is 400 g/mol. The second kappa shape index (κ2) is 9.47. The van der Waals surface area contributed by atoms with Crippen molar-refractivity contribution >= 4 is 22.8 Å². The first kappa shape index (κ1) is 21.9. The van der Waals surface area contributed by atoms with Gasteiger partial charge in [0.25, 0.3) is 5.91 Å². The number of fused-ring (bicyclic) bond motifs is 1. The Morgan fingerprint density at radius 1 is 0.938 bits per heavy atom. The second-order valence-corrected chi connectivity index (χ2v) is 8.72. The molecule has 3 aromatic rings. The first-order valence-electron chi connectivity index (χ1n) is 11.3. The van der Waals surface area contributed by atoms with Crippen LogP contribution in [0.2, 0.25) is 0 Å². The number of hydrogen-bond acceptors (Lipinski definition) is 4. The van der Waals surface area contributed by atoms with Crippen molar-refractivity contribution in [1.82, 2.24) is 20.2 Å². The molecule has 1 saturated heterocycles. The zero-order chi connectivity index (χ0) is 22.7. The molecule has 1 N–H and O–H groups in total. The number of carbonyl (C=O) groups is 2. The van der Waals surface area contributed by atoms with E-state index in [9.17, 15) is 9.59 Å². The second-order valence-electron chi connectivity index (χ2n) is 8.72. The average Bonchev–Trinajstić information content (AvgIpc) is 2.79. The number of piperidine rings is 1. The van der Waals surface area contributed by atoms with Gasteiger partial charge in [-0.15, -0.1) is 0 Å². The predicted octanol–water partition coefficient (Wildman–Crippen LogP) is 3.91. The molecular formula is C26H30N4O2. The number of rotatable bonds is 5. The number of hydrogen-bond donors (Lipinski definition) is 1. The number of aromatic nitrogens is 2. The maximum Gasteiger partial charge on any atom is 0.253 e. The Balaban J connectivity index is 1.29. The molecule has 0 bridgehead atoms. The Morgan fingerprint density at radius 3 is 2.28 bits per heavy atom. The van der Waals surface area contributed by atoms with Crippen LogP contribution in [-0.4, -0.2) is 45.8 Å². The summed E-state index contributed by atoms with van der Waals surface area (Å²) in [6.45, 7) is 7.20. The van der Waals surface area contributed by atoms with Crippen molar-refractivity contribution in [3.05, 3.63) is 70.5 Å². The van der Waals surface area contributed by atoms with Crippen LogP contribution in [0.3, 0.4) is 0 Å². The molecule has 1 aromatic heterocycles. The number of aryl methyl sites for hydroxylation is 4. The summed E-state index contributed by atoms with van der Waals surface area (Å²) < 4.78 is 0. The summed E-state index contributed by atoms with van der Waals surface area (Å²) >= 11 is 0. The van der Waals surface area contributed by atoms with Gasteiger partial charge in [0.2, 0.25) is 5.91 Å². The van der Waals surface area contributed by atoms with Gasteiger partial charge in [-0.3, -0.25) is 9.59 Å². The number of likely N-dealkylation sites (tertiary alicyclic amines) is 1. The monoisotopic (exact) mass is 430 g/mol. The van der Waals surface area contributed by atoms with Gasteiger partial charge in [0, 0.05) is 31.1 Å². The first-order chi connectivity index (χ1) is 15.4. The summed E-state index contributed by atoms with van der Waals surface area (Å²) in [4.78, 5) is 36.3. The van der Waals surface area contributed by atoms with E-state index in [2.05, 4.69) is 46.5 Å². The fourth-order valence-corrected chi connectivity index (χ4v) is 4.09. The molecule has 0 radical (unpaired) electrons. The lowest BCUT2D eigenvalue weighted by atomic mass is 10.0. The summed E-state index contributed by atoms with van der Waals surface area (Å²) in [5.74, 6) is 0.0881. The lowest BCUT2D eigenvalue weighted by molar-refractivity contribution is -0.122. The lowest BCUT2D eigenvalue weighted by Gasteiger charge is -2.32. The highest BCUT2D eigenvalue weighted by atomic mass is 16.2. The molecule has 1 aliphatic heterocycles. The molecule has 0 unspecified atom stereocenters. The number of carbonyl (C=O) groups excluding carboxylic acids is 2. The molecule has 4 rings (SSSR count). The molecule has 2 aromatic carbocycles. The molecule has 0 saturated carbocycles. The highest BCUT2D eigenvalue weighted by molar-refractivity contribution is 5.97. The molecule has 166 valence electrons. The number of nitrogens with one attached hydrogen (secondary N) is 1. The molecule has 32 heavy (non-hydrogen) atoms. The summed E-state index contributed by atoms with van der Waals surface area (Å²) in [5.41, 5.74) is 6.36. The highest BCUT2D eigenvalue weighted by Crippen LogP contribution is 2.18. The topological polar surface area (TPSA) is 75.2 Å². The van der Waals surface area contributed by atoms with E-state index in [1.54, 1.807) is 0 Å². The van der Waals surface area contributed by atoms with Gasteiger partial charge in [0.1, 0.15) is 0 Å². The third-order valence-corrected chi connectivity index (χ3v) is 6.23. The summed E-state index contributed by atoms with van der Waals surface area (Å²) in [5, 5.41) is 3.14. The maximum atomic E-state index is 13.0. The highest BCUT2D eigenvalue weighted by Gasteiger charge is 2.25. The van der Waals surface area contributed by atoms with Gasteiger partial charge >= 0.3 is 0 Å². The van der Waals surface area contributed by atoms with Crippen molar-refractivity contribution in [2.24, 2.45) is 0 Å². The van der Waals surface area contributed by atoms with Crippen LogP contribution in [0.15, 0.2) is 42.5 Å². The zero-order valence-corrected chi connectivity index (χ0v) is 19.0. The molecule has 1 aliphatic rings. The van der Waals surface area contributed by atoms with Crippen molar-refractivity contribution < 1.29 is 9.59 Å². The summed E-state index contributed by atoms with van der Waals surface area (Å²) in [6.07, 6.45) is 2.77. The summed E-state index contributed by atoms with van der Waals surface area (Å²) in [7, 11) is 0. The Kier molecular flexibility index (Phi) is 6.49. The zero-order valence-electron chi connectivity index (χ0n) is 19.0. The Hall–Kier alpha value is -3.28. The molecule has 2 heterocycles. The molecule has 6 heteroatoms. The van der Waals surface area contributed by atoms with Gasteiger partial charge in [-0.05, 0) is 63.8 Å². The van der Waals surface area contributed by atoms with Crippen LogP contribution >= 0.6 is 0 Å². The molecule has 0 atom stereocenters. The van der Waals surface area contributed by atoms with Crippen molar-refractivity contribution in [2.75, 3.05) is 13.1 Å². The van der Waals surface area contributed by atoms with Crippen LogP contribution in [0.4, 0.5) is 0 Å². The standard InChI is InChI=1S/C26H30N4O2/c1-17-4-6-20(7-5-17)8-11-25(31)29-22-12-14-30(15-13-22)26(32)21-9-10-23-24(16-21)28-19(3)18(2)27-23/h4-7,9-10,16,22H,8,11-15H2,1-3H3,(H,29,31). The van der Waals surface area contributed by atoms with Gasteiger partial charge in [-0.25, -0.2) is 9.97 Å². The van der Waals surface area contributed by atoms with E-state index >= 15 is 0 Å². The van der Waals surface area contributed by atoms with Crippen molar-refractivity contribution in [3.63, 3.8) is 0 Å². The van der Waals surface area contributed by atoms with Gasteiger partial charge in [0.05, 0.1) is 22.4 Å². The SMILES string of the molecule is Cc1ccc(CCC(=O)NC2CCN(C(=O)c3ccc4nc(C)c(C)nc4c3)CC2)cc1. The van der Waals surface area contributed by atoms with Crippen LogP contribution in [-0.2, 0) is 11.2 Å². The van der Waals surface area contributed by atoms with E-state index in [1.165, 1.54) is 11.1 Å². The van der Waals surface area contributed by atoms with Crippen LogP contribution < -0.4 is 5.32 Å². The third-order valence-electron chi connectivity index (χ3n) is 6.23. The van der Waals surface area contributed by atoms with E-state index in [-0.39, 0.29) is 17.9 Å². The minimum atomic E-state index is 0.0103. The predicted molar refractivity (Wildman–Crippen MR) is 126 cm³/mol. The third kappa shape index (κ3) is 5.13. The van der Waals surface area contributed by atoms with Gasteiger partial charge in [-0.1, -0.05) is 29.8 Å². The summed E-state index contributed by atoms with van der Waals surface area (Å²) in [6, 6.07) is 13.9. The quantitative estimate of drug-likeness (QED) is 0.666. The fourth-order valence-electron chi connectivity index (χ4n) is 4.09. The number of benzene rings is 2. The van der Waals surface area contributed by atoms with Gasteiger partial charge < -0.3 is 10.2 Å². The Morgan fingerprint density at radius 2 is 1.59 bits per heavy atom. The molecule has 2 amide bonds. The Bertz CT molecular complexity index is 1130. The molecule has 0 aliphatic carbocycles. The first-order valence-corrected chi connectivity index (χ1v) is 11.3. The fraction of sp³-hybridized carbons (Fsp3) is 0.385. The van der Waals surface area contributed by atoms with Crippen molar-refractivity contribution in [2.45, 2.75) is 52.5 Å². The number of nitrogens with zero attached hydrogens (tertiary/aromatic N) is 3. The van der Waals surface area contributed by atoms with E-state index in [0.717, 1.165) is 41.7 Å². The van der Waals surface area contributed by atoms with Crippen molar-refractivity contribution in [1.29, 1.82) is 0 Å². The van der Waals surface area contributed by atoms with E-state index in [4.69, 9.17) is 0 Å². The Labute approximate surface area is 189 Å². The van der Waals surface area contributed by atoms with Gasteiger partial charge in [0.15, 0.2) is 0 Å². The van der Waals surface area contributed by atoms with Crippen LogP contribution in [0.5, 0.6) is 0 Å². The van der Waals surface area contributed by atoms with Gasteiger partial charge in [-0.2, -0.15) is 0 Å². The van der Waals surface area contributed by atoms with E-state index in [0.29, 0.717) is 25.1 Å². The lowest BCUT2D eigenvalue weighted by Crippen LogP contribution is -2.46. The van der Waals surface area contributed by atoms with Crippen LogP contribution in [0, 0.1) is 20.8 Å². The molecule has 0 spiro atoms. The molecule has 6 nitrogen and oxygen atoms in total. The van der Waals surface area contributed by atoms with E-state index in [1.807, 2.05) is 36.9 Å². The largest absolute Gasteiger partial charge is 0.353 e. The van der Waals surface area contributed by atoms with Crippen molar-refractivity contribution in [3.8, 4) is 0 Å². The normalized spacial score (nSPS) is 14.5. The van der Waals surface area contributed by atoms with Crippen LogP contribution in [0.25, 0.3) is 11.0 Å². The maximum absolute atomic E-state index is 13.0.